The van der Waals surface area contributed by atoms with Gasteiger partial charge in [0, 0.05) is 27.7 Å². The maximum atomic E-state index is 11.9. The molecule has 108 valence electrons. The standard InChI is InChI=1S/C16H19Cl2NO/c17-14-8-5-9-15(18)13(14)10-11-16(20)19-12-6-3-1-2-4-7-12/h5,8-12H,1-4,6-7H2,(H,19,20). The molecule has 0 unspecified atom stereocenters. The molecule has 4 heteroatoms. The van der Waals surface area contributed by atoms with Gasteiger partial charge in [0.25, 0.3) is 0 Å². The largest absolute Gasteiger partial charge is 0.350 e. The highest BCUT2D eigenvalue weighted by Gasteiger charge is 2.13. The molecule has 1 aromatic rings. The molecule has 0 bridgehead atoms. The maximum Gasteiger partial charge on any atom is 0.244 e. The van der Waals surface area contributed by atoms with Gasteiger partial charge in [0.05, 0.1) is 0 Å². The fraction of sp³-hybridized carbons (Fsp3) is 0.438. The fourth-order valence-electron chi connectivity index (χ4n) is 2.50. The van der Waals surface area contributed by atoms with Gasteiger partial charge in [0.15, 0.2) is 0 Å². The van der Waals surface area contributed by atoms with Crippen molar-refractivity contribution in [1.29, 1.82) is 0 Å². The van der Waals surface area contributed by atoms with Crippen molar-refractivity contribution in [3.8, 4) is 0 Å². The number of halogens is 2. The van der Waals surface area contributed by atoms with Gasteiger partial charge in [-0.3, -0.25) is 4.79 Å². The Bertz CT molecular complexity index is 471. The van der Waals surface area contributed by atoms with Crippen LogP contribution in [0.25, 0.3) is 6.08 Å². The van der Waals surface area contributed by atoms with Gasteiger partial charge in [-0.05, 0) is 31.1 Å². The third-order valence-electron chi connectivity index (χ3n) is 3.60. The van der Waals surface area contributed by atoms with Crippen LogP contribution in [0.3, 0.4) is 0 Å². The lowest BCUT2D eigenvalue weighted by Gasteiger charge is -2.14. The quantitative estimate of drug-likeness (QED) is 0.627. The predicted molar refractivity (Wildman–Crippen MR) is 85.1 cm³/mol. The van der Waals surface area contributed by atoms with Crippen LogP contribution in [0.1, 0.15) is 44.1 Å². The zero-order valence-electron chi connectivity index (χ0n) is 11.4. The molecule has 0 heterocycles. The Morgan fingerprint density at radius 2 is 1.70 bits per heavy atom. The summed E-state index contributed by atoms with van der Waals surface area (Å²) in [5, 5.41) is 4.16. The number of nitrogens with one attached hydrogen (secondary N) is 1. The summed E-state index contributed by atoms with van der Waals surface area (Å²) in [7, 11) is 0. The van der Waals surface area contributed by atoms with Gasteiger partial charge < -0.3 is 5.32 Å². The second kappa shape index (κ2) is 7.70. The minimum absolute atomic E-state index is 0.0760. The smallest absolute Gasteiger partial charge is 0.244 e. The molecule has 1 fully saturated rings. The number of rotatable bonds is 3. The molecule has 0 aromatic heterocycles. The van der Waals surface area contributed by atoms with E-state index in [4.69, 9.17) is 23.2 Å². The number of benzene rings is 1. The molecule has 1 aromatic carbocycles. The van der Waals surface area contributed by atoms with Crippen LogP contribution in [0, 0.1) is 0 Å². The van der Waals surface area contributed by atoms with Crippen molar-refractivity contribution in [3.63, 3.8) is 0 Å². The molecule has 1 aliphatic carbocycles. The summed E-state index contributed by atoms with van der Waals surface area (Å²) >= 11 is 12.1. The van der Waals surface area contributed by atoms with E-state index in [0.29, 0.717) is 21.7 Å². The van der Waals surface area contributed by atoms with Crippen molar-refractivity contribution in [2.24, 2.45) is 0 Å². The Morgan fingerprint density at radius 1 is 1.10 bits per heavy atom. The van der Waals surface area contributed by atoms with Crippen molar-refractivity contribution in [2.75, 3.05) is 0 Å². The van der Waals surface area contributed by atoms with E-state index in [9.17, 15) is 4.79 Å². The van der Waals surface area contributed by atoms with E-state index < -0.39 is 0 Å². The van der Waals surface area contributed by atoms with E-state index in [1.165, 1.54) is 31.8 Å². The number of hydrogen-bond donors (Lipinski definition) is 1. The van der Waals surface area contributed by atoms with Crippen molar-refractivity contribution >= 4 is 35.2 Å². The minimum Gasteiger partial charge on any atom is -0.350 e. The normalized spacial score (nSPS) is 17.1. The molecular weight excluding hydrogens is 293 g/mol. The number of amides is 1. The Morgan fingerprint density at radius 3 is 2.30 bits per heavy atom. The van der Waals surface area contributed by atoms with Crippen LogP contribution in [-0.2, 0) is 4.79 Å². The number of hydrogen-bond acceptors (Lipinski definition) is 1. The molecular formula is C16H19Cl2NO. The third kappa shape index (κ3) is 4.53. The van der Waals surface area contributed by atoms with Crippen LogP contribution in [0.5, 0.6) is 0 Å². The molecule has 2 nitrogen and oxygen atoms in total. The minimum atomic E-state index is -0.0760. The maximum absolute atomic E-state index is 11.9. The van der Waals surface area contributed by atoms with E-state index in [1.807, 2.05) is 0 Å². The van der Waals surface area contributed by atoms with Crippen LogP contribution in [0.2, 0.25) is 10.0 Å². The Hall–Kier alpha value is -0.990. The molecule has 1 saturated carbocycles. The van der Waals surface area contributed by atoms with E-state index in [0.717, 1.165) is 12.8 Å². The van der Waals surface area contributed by atoms with E-state index in [1.54, 1.807) is 24.3 Å². The lowest BCUT2D eigenvalue weighted by Crippen LogP contribution is -2.33. The summed E-state index contributed by atoms with van der Waals surface area (Å²) < 4.78 is 0. The second-order valence-electron chi connectivity index (χ2n) is 5.17. The van der Waals surface area contributed by atoms with Gasteiger partial charge in [-0.15, -0.1) is 0 Å². The first kappa shape index (κ1) is 15.4. The summed E-state index contributed by atoms with van der Waals surface area (Å²) in [6, 6.07) is 5.61. The van der Waals surface area contributed by atoms with Crippen LogP contribution in [-0.4, -0.2) is 11.9 Å². The van der Waals surface area contributed by atoms with Crippen molar-refractivity contribution in [2.45, 2.75) is 44.6 Å². The average Bonchev–Trinajstić information content (AvgIpc) is 2.67. The van der Waals surface area contributed by atoms with Crippen molar-refractivity contribution < 1.29 is 4.79 Å². The molecule has 0 atom stereocenters. The zero-order chi connectivity index (χ0) is 14.4. The van der Waals surface area contributed by atoms with Gasteiger partial charge in [-0.25, -0.2) is 0 Å². The van der Waals surface area contributed by atoms with Crippen molar-refractivity contribution in [3.05, 3.63) is 39.9 Å². The fourth-order valence-corrected chi connectivity index (χ4v) is 3.03. The molecule has 20 heavy (non-hydrogen) atoms. The zero-order valence-corrected chi connectivity index (χ0v) is 12.9. The highest BCUT2D eigenvalue weighted by Crippen LogP contribution is 2.25. The summed E-state index contributed by atoms with van der Waals surface area (Å²) in [6.07, 6.45) is 10.3. The Balaban J connectivity index is 1.95. The van der Waals surface area contributed by atoms with E-state index in [-0.39, 0.29) is 5.91 Å². The van der Waals surface area contributed by atoms with Crippen LogP contribution in [0.15, 0.2) is 24.3 Å². The number of carbonyl (C=O) groups excluding carboxylic acids is 1. The highest BCUT2D eigenvalue weighted by atomic mass is 35.5. The van der Waals surface area contributed by atoms with E-state index >= 15 is 0 Å². The van der Waals surface area contributed by atoms with E-state index in [2.05, 4.69) is 5.32 Å². The summed E-state index contributed by atoms with van der Waals surface area (Å²) in [4.78, 5) is 11.9. The van der Waals surface area contributed by atoms with Crippen molar-refractivity contribution in [1.82, 2.24) is 5.32 Å². The Kier molecular flexibility index (Phi) is 5.93. The molecule has 0 saturated heterocycles. The number of carbonyl (C=O) groups is 1. The molecule has 0 spiro atoms. The average molecular weight is 312 g/mol. The highest BCUT2D eigenvalue weighted by molar-refractivity contribution is 6.37. The second-order valence-corrected chi connectivity index (χ2v) is 5.98. The lowest BCUT2D eigenvalue weighted by atomic mass is 10.1. The Labute approximate surface area is 130 Å². The van der Waals surface area contributed by atoms with Gasteiger partial charge >= 0.3 is 0 Å². The third-order valence-corrected chi connectivity index (χ3v) is 4.26. The van der Waals surface area contributed by atoms with Crippen LogP contribution >= 0.6 is 23.2 Å². The lowest BCUT2D eigenvalue weighted by molar-refractivity contribution is -0.117. The molecule has 1 amide bonds. The summed E-state index contributed by atoms with van der Waals surface area (Å²) in [5.41, 5.74) is 0.687. The first-order valence-corrected chi connectivity index (χ1v) is 7.85. The topological polar surface area (TPSA) is 29.1 Å². The van der Waals surface area contributed by atoms with Gasteiger partial charge in [0.1, 0.15) is 0 Å². The first-order valence-electron chi connectivity index (χ1n) is 7.09. The molecule has 1 N–H and O–H groups in total. The van der Waals surface area contributed by atoms with Gasteiger partial charge in [-0.1, -0.05) is 55.0 Å². The van der Waals surface area contributed by atoms with Gasteiger partial charge in [-0.2, -0.15) is 0 Å². The monoisotopic (exact) mass is 311 g/mol. The van der Waals surface area contributed by atoms with Crippen LogP contribution in [0.4, 0.5) is 0 Å². The molecule has 1 aliphatic rings. The molecule has 2 rings (SSSR count). The van der Waals surface area contributed by atoms with Gasteiger partial charge in [0.2, 0.25) is 5.91 Å². The molecule has 0 aliphatic heterocycles. The summed E-state index contributed by atoms with van der Waals surface area (Å²) in [6.45, 7) is 0. The van der Waals surface area contributed by atoms with Crippen LogP contribution < -0.4 is 5.32 Å². The SMILES string of the molecule is O=C(C=Cc1c(Cl)cccc1Cl)NC1CCCCCC1. The first-order chi connectivity index (χ1) is 9.66. The molecule has 0 radical (unpaired) electrons. The predicted octanol–water partition coefficient (Wildman–Crippen LogP) is 4.85. The summed E-state index contributed by atoms with van der Waals surface area (Å²) in [5.74, 6) is -0.0760.